The van der Waals surface area contributed by atoms with E-state index in [0.29, 0.717) is 0 Å². The molecule has 34 heavy (non-hydrogen) atoms. The van der Waals surface area contributed by atoms with Crippen molar-refractivity contribution in [2.45, 2.75) is 51.3 Å². The van der Waals surface area contributed by atoms with Crippen LogP contribution >= 0.6 is 0 Å². The first kappa shape index (κ1) is 22.3. The summed E-state index contributed by atoms with van der Waals surface area (Å²) < 4.78 is 17.9. The van der Waals surface area contributed by atoms with Crippen LogP contribution in [0.5, 0.6) is 17.2 Å². The van der Waals surface area contributed by atoms with E-state index in [1.54, 1.807) is 7.11 Å². The number of hydrogen-bond acceptors (Lipinski definition) is 5. The van der Waals surface area contributed by atoms with E-state index in [9.17, 15) is 0 Å². The summed E-state index contributed by atoms with van der Waals surface area (Å²) in [5.41, 5.74) is 4.38. The molecule has 0 saturated heterocycles. The van der Waals surface area contributed by atoms with Gasteiger partial charge in [0.15, 0.2) is 0 Å². The third-order valence-electron chi connectivity index (χ3n) is 6.54. The number of rotatable bonds is 9. The van der Waals surface area contributed by atoms with E-state index in [1.807, 2.05) is 30.3 Å². The first-order valence-electron chi connectivity index (χ1n) is 12.3. The minimum Gasteiger partial charge on any atom is -0.497 e. The van der Waals surface area contributed by atoms with Gasteiger partial charge in [0.1, 0.15) is 17.2 Å². The molecule has 0 radical (unpaired) electrons. The van der Waals surface area contributed by atoms with Gasteiger partial charge in [0, 0.05) is 17.5 Å². The van der Waals surface area contributed by atoms with Crippen LogP contribution in [0.4, 0.5) is 0 Å². The molecule has 0 spiro atoms. The number of hydrogen-bond donors (Lipinski definition) is 0. The van der Waals surface area contributed by atoms with Crippen LogP contribution in [0.2, 0.25) is 0 Å². The summed E-state index contributed by atoms with van der Waals surface area (Å²) in [5.74, 6) is 2.61. The van der Waals surface area contributed by atoms with Gasteiger partial charge in [-0.15, -0.1) is 0 Å². The first-order chi connectivity index (χ1) is 16.8. The summed E-state index contributed by atoms with van der Waals surface area (Å²) in [6.45, 7) is 2.98. The van der Waals surface area contributed by atoms with Crippen LogP contribution in [0.1, 0.15) is 68.0 Å². The molecule has 2 aliphatic heterocycles. The lowest BCUT2D eigenvalue weighted by atomic mass is 9.95. The van der Waals surface area contributed by atoms with Crippen LogP contribution in [0.25, 0.3) is 0 Å². The maximum Gasteiger partial charge on any atom is 0.213 e. The highest BCUT2D eigenvalue weighted by atomic mass is 16.5. The van der Waals surface area contributed by atoms with Crippen molar-refractivity contribution in [3.8, 4) is 17.2 Å². The third-order valence-corrected chi connectivity index (χ3v) is 6.54. The van der Waals surface area contributed by atoms with E-state index in [1.165, 1.54) is 19.3 Å². The second kappa shape index (κ2) is 10.2. The molecule has 176 valence electrons. The molecule has 0 unspecified atom stereocenters. The molecule has 5 rings (SSSR count). The minimum absolute atomic E-state index is 0.0912. The van der Waals surface area contributed by atoms with E-state index in [2.05, 4.69) is 54.4 Å². The molecule has 0 aromatic heterocycles. The van der Waals surface area contributed by atoms with Crippen molar-refractivity contribution in [2.24, 2.45) is 5.10 Å². The monoisotopic (exact) mass is 456 g/mol. The summed E-state index contributed by atoms with van der Waals surface area (Å²) in [6.07, 6.45) is 5.32. The summed E-state index contributed by atoms with van der Waals surface area (Å²) in [5, 5.41) is 7.15. The Balaban J connectivity index is 1.40. The molecule has 3 aromatic carbocycles. The van der Waals surface area contributed by atoms with Gasteiger partial charge in [-0.1, -0.05) is 56.5 Å². The van der Waals surface area contributed by atoms with Crippen molar-refractivity contribution < 1.29 is 14.2 Å². The third kappa shape index (κ3) is 4.60. The molecule has 5 heteroatoms. The molecule has 3 aromatic rings. The molecular formula is C29H32N2O3. The highest BCUT2D eigenvalue weighted by Gasteiger charge is 2.41. The number of nitrogens with zero attached hydrogens (tertiary/aromatic N) is 2. The molecule has 2 aliphatic rings. The lowest BCUT2D eigenvalue weighted by molar-refractivity contribution is -0.0191. The predicted octanol–water partition coefficient (Wildman–Crippen LogP) is 6.90. The predicted molar refractivity (Wildman–Crippen MR) is 135 cm³/mol. The fourth-order valence-electron chi connectivity index (χ4n) is 4.66. The standard InChI is InChI=1S/C29H32N2O3/c1-3-4-5-9-18-33-23-14-12-22(13-15-23)29-31-27(20-26(30-31)21-10-7-6-8-11-21)25-19-24(32-2)16-17-28(25)34-29/h6-8,10-17,19,27,29H,3-5,9,18,20H2,1-2H3/t27-,29+/m0/s1. The number of hydrazone groups is 1. The van der Waals surface area contributed by atoms with Crippen LogP contribution in [-0.2, 0) is 0 Å². The average Bonchev–Trinajstić information content (AvgIpc) is 3.35. The zero-order valence-electron chi connectivity index (χ0n) is 19.9. The van der Waals surface area contributed by atoms with Gasteiger partial charge < -0.3 is 14.2 Å². The molecule has 0 bridgehead atoms. The zero-order valence-corrected chi connectivity index (χ0v) is 19.9. The molecule has 2 atom stereocenters. The lowest BCUT2D eigenvalue weighted by Crippen LogP contribution is -2.33. The minimum atomic E-state index is -0.300. The Morgan fingerprint density at radius 2 is 1.74 bits per heavy atom. The second-order valence-corrected chi connectivity index (χ2v) is 8.86. The summed E-state index contributed by atoms with van der Waals surface area (Å²) in [6, 6.07) is 24.8. The molecule has 0 N–H and O–H groups in total. The van der Waals surface area contributed by atoms with Gasteiger partial charge in [-0.25, -0.2) is 5.01 Å². The van der Waals surface area contributed by atoms with Crippen molar-refractivity contribution >= 4 is 5.71 Å². The van der Waals surface area contributed by atoms with Crippen molar-refractivity contribution in [3.63, 3.8) is 0 Å². The molecule has 0 amide bonds. The number of benzene rings is 3. The Hall–Kier alpha value is -3.47. The summed E-state index contributed by atoms with van der Waals surface area (Å²) >= 11 is 0. The Morgan fingerprint density at radius 3 is 2.50 bits per heavy atom. The summed E-state index contributed by atoms with van der Waals surface area (Å²) in [7, 11) is 1.69. The molecule has 0 aliphatic carbocycles. The Bertz CT molecular complexity index is 1130. The smallest absolute Gasteiger partial charge is 0.213 e. The maximum atomic E-state index is 6.50. The average molecular weight is 457 g/mol. The van der Waals surface area contributed by atoms with Crippen LogP contribution in [-0.4, -0.2) is 24.4 Å². The zero-order chi connectivity index (χ0) is 23.3. The Labute approximate surface area is 202 Å². The lowest BCUT2D eigenvalue weighted by Gasteiger charge is -2.38. The van der Waals surface area contributed by atoms with Gasteiger partial charge in [-0.3, -0.25) is 0 Å². The summed E-state index contributed by atoms with van der Waals surface area (Å²) in [4.78, 5) is 0. The topological polar surface area (TPSA) is 43.3 Å². The van der Waals surface area contributed by atoms with Crippen LogP contribution < -0.4 is 14.2 Å². The van der Waals surface area contributed by atoms with Crippen LogP contribution in [0.15, 0.2) is 77.9 Å². The van der Waals surface area contributed by atoms with Gasteiger partial charge in [-0.05, 0) is 54.4 Å². The highest BCUT2D eigenvalue weighted by molar-refractivity contribution is 6.01. The fourth-order valence-corrected chi connectivity index (χ4v) is 4.66. The second-order valence-electron chi connectivity index (χ2n) is 8.86. The van der Waals surface area contributed by atoms with E-state index >= 15 is 0 Å². The van der Waals surface area contributed by atoms with Gasteiger partial charge in [-0.2, -0.15) is 5.10 Å². The van der Waals surface area contributed by atoms with Crippen molar-refractivity contribution in [1.82, 2.24) is 5.01 Å². The van der Waals surface area contributed by atoms with E-state index in [0.717, 1.165) is 59.1 Å². The number of methoxy groups -OCH3 is 1. The van der Waals surface area contributed by atoms with Crippen molar-refractivity contribution in [2.75, 3.05) is 13.7 Å². The van der Waals surface area contributed by atoms with E-state index in [-0.39, 0.29) is 12.3 Å². The normalized spacial score (nSPS) is 18.5. The molecular weight excluding hydrogens is 424 g/mol. The van der Waals surface area contributed by atoms with Crippen molar-refractivity contribution in [3.05, 3.63) is 89.5 Å². The molecule has 2 heterocycles. The fraction of sp³-hybridized carbons (Fsp3) is 0.345. The number of fused-ring (bicyclic) bond motifs is 3. The number of ether oxygens (including phenoxy) is 3. The Morgan fingerprint density at radius 1 is 0.941 bits per heavy atom. The van der Waals surface area contributed by atoms with Crippen LogP contribution in [0.3, 0.4) is 0 Å². The quantitative estimate of drug-likeness (QED) is 0.329. The van der Waals surface area contributed by atoms with Gasteiger partial charge >= 0.3 is 0 Å². The maximum absolute atomic E-state index is 6.50. The van der Waals surface area contributed by atoms with E-state index in [4.69, 9.17) is 19.3 Å². The Kier molecular flexibility index (Phi) is 6.70. The number of unbranched alkanes of at least 4 members (excludes halogenated alkanes) is 3. The van der Waals surface area contributed by atoms with Crippen LogP contribution in [0, 0.1) is 0 Å². The highest BCUT2D eigenvalue weighted by Crippen LogP contribution is 2.48. The van der Waals surface area contributed by atoms with Crippen molar-refractivity contribution in [1.29, 1.82) is 0 Å². The SMILES string of the molecule is CCCCCCOc1ccc([C@H]2Oc3ccc(OC)cc3[C@@H]3CC(c4ccccc4)=NN23)cc1. The van der Waals surface area contributed by atoms with Gasteiger partial charge in [0.25, 0.3) is 0 Å². The molecule has 0 saturated carbocycles. The molecule has 5 nitrogen and oxygen atoms in total. The van der Waals surface area contributed by atoms with E-state index < -0.39 is 0 Å². The molecule has 0 fully saturated rings. The van der Waals surface area contributed by atoms with Gasteiger partial charge in [0.05, 0.1) is 25.5 Å². The largest absolute Gasteiger partial charge is 0.497 e. The van der Waals surface area contributed by atoms with Gasteiger partial charge in [0.2, 0.25) is 6.23 Å². The first-order valence-corrected chi connectivity index (χ1v) is 12.3.